The molecule has 0 aliphatic carbocycles. The molecule has 1 rings (SSSR count). The highest BCUT2D eigenvalue weighted by Crippen LogP contribution is 2.14. The van der Waals surface area contributed by atoms with E-state index in [9.17, 15) is 39.6 Å². The van der Waals surface area contributed by atoms with Crippen LogP contribution in [0.3, 0.4) is 0 Å². The molecular formula is C62H120N4O12. The van der Waals surface area contributed by atoms with E-state index >= 15 is 0 Å². The van der Waals surface area contributed by atoms with E-state index in [0.29, 0.717) is 25.9 Å². The molecule has 0 aromatic heterocycles. The molecule has 4 atom stereocenters. The Morgan fingerprint density at radius 1 is 0.321 bits per heavy atom. The number of aliphatic hydroxyl groups excluding tert-OH is 4. The van der Waals surface area contributed by atoms with Crippen LogP contribution in [0.25, 0.3) is 0 Å². The molecule has 0 bridgehead atoms. The average molecular weight is 1110 g/mol. The van der Waals surface area contributed by atoms with Gasteiger partial charge in [-0.15, -0.1) is 0 Å². The van der Waals surface area contributed by atoms with Gasteiger partial charge < -0.3 is 49.2 Å². The first kappa shape index (κ1) is 73.6. The van der Waals surface area contributed by atoms with Crippen LogP contribution in [-0.4, -0.2) is 193 Å². The molecule has 0 aromatic rings. The van der Waals surface area contributed by atoms with Gasteiger partial charge in [0, 0.05) is 52.4 Å². The molecule has 1 aliphatic rings. The van der Waals surface area contributed by atoms with Crippen molar-refractivity contribution in [2.24, 2.45) is 0 Å². The van der Waals surface area contributed by atoms with Crippen LogP contribution in [0.5, 0.6) is 0 Å². The number of carbonyl (C=O) groups is 4. The Kier molecular flexibility index (Phi) is 49.6. The summed E-state index contributed by atoms with van der Waals surface area (Å²) in [6.45, 7) is 15.2. The van der Waals surface area contributed by atoms with E-state index in [-0.39, 0.29) is 52.6 Å². The van der Waals surface area contributed by atoms with Gasteiger partial charge in [0.15, 0.2) is 24.4 Å². The Labute approximate surface area is 475 Å². The molecule has 16 heteroatoms. The van der Waals surface area contributed by atoms with Gasteiger partial charge in [0.1, 0.15) is 0 Å². The second-order valence-corrected chi connectivity index (χ2v) is 22.5. The van der Waals surface area contributed by atoms with E-state index in [1.54, 1.807) is 9.80 Å². The molecule has 4 N–H and O–H groups in total. The van der Waals surface area contributed by atoms with Crippen molar-refractivity contribution in [3.63, 3.8) is 0 Å². The second-order valence-electron chi connectivity index (χ2n) is 22.5. The number of nitrogens with zero attached hydrogens (tertiary/aromatic N) is 4. The molecule has 0 aromatic carbocycles. The van der Waals surface area contributed by atoms with Gasteiger partial charge in [-0.25, -0.2) is 19.2 Å². The monoisotopic (exact) mass is 1110 g/mol. The van der Waals surface area contributed by atoms with Gasteiger partial charge in [-0.3, -0.25) is 9.80 Å². The number of hydrogen-bond acceptors (Lipinski definition) is 16. The van der Waals surface area contributed by atoms with Crippen molar-refractivity contribution in [1.82, 2.24) is 19.6 Å². The molecule has 1 saturated heterocycles. The molecule has 1 aliphatic heterocycles. The molecule has 1 fully saturated rings. The van der Waals surface area contributed by atoms with E-state index in [4.69, 9.17) is 18.9 Å². The largest absolute Gasteiger partial charge is 0.464 e. The summed E-state index contributed by atoms with van der Waals surface area (Å²) in [5.74, 6) is -2.78. The molecule has 0 amide bonds. The van der Waals surface area contributed by atoms with Crippen molar-refractivity contribution < 1.29 is 58.6 Å². The number of unbranched alkanes of at least 4 members (excludes halogenated alkanes) is 28. The smallest absolute Gasteiger partial charge is 0.336 e. The summed E-state index contributed by atoms with van der Waals surface area (Å²) in [4.78, 5) is 59.7. The lowest BCUT2D eigenvalue weighted by molar-refractivity contribution is -0.158. The molecule has 1 heterocycles. The van der Waals surface area contributed by atoms with Crippen LogP contribution in [0.2, 0.25) is 0 Å². The Bertz CT molecular complexity index is 1220. The number of aliphatic hydroxyl groups is 4. The van der Waals surface area contributed by atoms with E-state index in [1.165, 1.54) is 128 Å². The fraction of sp³-hybridized carbons (Fsp3) is 0.935. The minimum atomic E-state index is -1.41. The molecule has 0 saturated carbocycles. The van der Waals surface area contributed by atoms with Crippen LogP contribution in [0.1, 0.15) is 246 Å². The zero-order chi connectivity index (χ0) is 57.1. The third-order valence-corrected chi connectivity index (χ3v) is 15.1. The SMILES string of the molecule is CCCCCCCCCCOC(=O)C(O)CN(CCCN1CCN(CCCN(CC(O)C(=O)OCCCCCCCCCC)CC(O)C(=O)OCCCCCCCCCC)CC1)CC(O)C(=O)OCCCCCCCCCC. The summed E-state index contributed by atoms with van der Waals surface area (Å²) < 4.78 is 21.8. The van der Waals surface area contributed by atoms with E-state index in [1.807, 2.05) is 0 Å². The van der Waals surface area contributed by atoms with Gasteiger partial charge in [-0.05, 0) is 64.7 Å². The summed E-state index contributed by atoms with van der Waals surface area (Å²) in [6.07, 6.45) is 31.4. The van der Waals surface area contributed by atoms with Crippen LogP contribution in [-0.2, 0) is 38.1 Å². The fourth-order valence-corrected chi connectivity index (χ4v) is 10.1. The van der Waals surface area contributed by atoms with Gasteiger partial charge in [-0.1, -0.05) is 207 Å². The van der Waals surface area contributed by atoms with E-state index in [2.05, 4.69) is 37.5 Å². The van der Waals surface area contributed by atoms with E-state index < -0.39 is 48.3 Å². The van der Waals surface area contributed by atoms with Crippen molar-refractivity contribution in [1.29, 1.82) is 0 Å². The Morgan fingerprint density at radius 2 is 0.513 bits per heavy atom. The maximum absolute atomic E-state index is 12.9. The molecule has 16 nitrogen and oxygen atoms in total. The summed E-state index contributed by atoms with van der Waals surface area (Å²) in [7, 11) is 0. The highest BCUT2D eigenvalue weighted by Gasteiger charge is 2.28. The third kappa shape index (κ3) is 42.4. The van der Waals surface area contributed by atoms with Crippen LogP contribution >= 0.6 is 0 Å². The van der Waals surface area contributed by atoms with Crippen LogP contribution in [0.15, 0.2) is 0 Å². The number of piperazine rings is 1. The number of ether oxygens (including phenoxy) is 4. The highest BCUT2D eigenvalue weighted by molar-refractivity contribution is 5.76. The number of hydrogen-bond donors (Lipinski definition) is 4. The van der Waals surface area contributed by atoms with Crippen molar-refractivity contribution in [3.05, 3.63) is 0 Å². The molecular weight excluding hydrogens is 993 g/mol. The first-order valence-corrected chi connectivity index (χ1v) is 32.2. The topological polar surface area (TPSA) is 199 Å². The normalized spacial score (nSPS) is 14.9. The average Bonchev–Trinajstić information content (AvgIpc) is 3.43. The molecule has 4 unspecified atom stereocenters. The highest BCUT2D eigenvalue weighted by atomic mass is 16.6. The first-order chi connectivity index (χ1) is 37.9. The summed E-state index contributed by atoms with van der Waals surface area (Å²) >= 11 is 0. The van der Waals surface area contributed by atoms with Gasteiger partial charge in [0.2, 0.25) is 0 Å². The number of rotatable bonds is 56. The summed E-state index contributed by atoms with van der Waals surface area (Å²) in [5.41, 5.74) is 0. The van der Waals surface area contributed by atoms with Gasteiger partial charge >= 0.3 is 23.9 Å². The lowest BCUT2D eigenvalue weighted by Gasteiger charge is -2.35. The van der Waals surface area contributed by atoms with Crippen molar-refractivity contribution in [2.75, 3.05) is 105 Å². The zero-order valence-electron chi connectivity index (χ0n) is 50.5. The molecule has 0 spiro atoms. The lowest BCUT2D eigenvalue weighted by atomic mass is 10.1. The van der Waals surface area contributed by atoms with Crippen LogP contribution < -0.4 is 0 Å². The predicted molar refractivity (Wildman–Crippen MR) is 313 cm³/mol. The Balaban J connectivity index is 2.73. The maximum atomic E-state index is 12.9. The van der Waals surface area contributed by atoms with Gasteiger partial charge in [-0.2, -0.15) is 0 Å². The van der Waals surface area contributed by atoms with Crippen molar-refractivity contribution in [2.45, 2.75) is 270 Å². The first-order valence-electron chi connectivity index (χ1n) is 32.2. The minimum Gasteiger partial charge on any atom is -0.464 e. The van der Waals surface area contributed by atoms with Crippen LogP contribution in [0, 0.1) is 0 Å². The summed E-state index contributed by atoms with van der Waals surface area (Å²) in [5, 5.41) is 43.7. The molecule has 78 heavy (non-hydrogen) atoms. The maximum Gasteiger partial charge on any atom is 0.336 e. The van der Waals surface area contributed by atoms with Crippen LogP contribution in [0.4, 0.5) is 0 Å². The van der Waals surface area contributed by atoms with Crippen molar-refractivity contribution in [3.8, 4) is 0 Å². The van der Waals surface area contributed by atoms with Gasteiger partial charge in [0.05, 0.1) is 26.4 Å². The standard InChI is InChI=1S/C62H120N4O12/c1-5-9-13-17-21-25-29-33-47-75-59(71)55(67)51-65(52-56(68)60(72)76-48-34-30-26-22-18-14-10-6-2)41-37-39-63-43-45-64(46-44-63)40-38-42-66(53-57(69)61(73)77-49-35-31-27-23-19-15-11-7-3)54-58(70)62(74)78-50-36-32-28-24-20-16-12-8-4/h55-58,67-70H,5-54H2,1-4H3. The predicted octanol–water partition coefficient (Wildman–Crippen LogP) is 10.2. The second kappa shape index (κ2) is 52.6. The zero-order valence-corrected chi connectivity index (χ0v) is 50.5. The Hall–Kier alpha value is -2.44. The minimum absolute atomic E-state index is 0.0710. The number of carbonyl (C=O) groups excluding carboxylic acids is 4. The lowest BCUT2D eigenvalue weighted by Crippen LogP contribution is -2.48. The van der Waals surface area contributed by atoms with Crippen molar-refractivity contribution >= 4 is 23.9 Å². The summed E-state index contributed by atoms with van der Waals surface area (Å²) in [6, 6.07) is 0. The fourth-order valence-electron chi connectivity index (χ4n) is 10.1. The number of esters is 4. The molecule has 460 valence electrons. The van der Waals surface area contributed by atoms with E-state index in [0.717, 1.165) is 116 Å². The quantitative estimate of drug-likeness (QED) is 0.0255. The third-order valence-electron chi connectivity index (χ3n) is 15.1. The molecule has 0 radical (unpaired) electrons. The Morgan fingerprint density at radius 3 is 0.718 bits per heavy atom. The van der Waals surface area contributed by atoms with Gasteiger partial charge in [0.25, 0.3) is 0 Å².